The van der Waals surface area contributed by atoms with Crippen LogP contribution < -0.4 is 9.47 Å². The van der Waals surface area contributed by atoms with Gasteiger partial charge in [0.25, 0.3) is 0 Å². The summed E-state index contributed by atoms with van der Waals surface area (Å²) in [4.78, 5) is 14.5. The number of fused-ring (bicyclic) bond motifs is 1. The van der Waals surface area contributed by atoms with E-state index in [1.807, 2.05) is 42.6 Å². The number of aldehydes is 1. The molecule has 1 N–H and O–H groups in total. The topological polar surface area (TPSA) is 51.3 Å². The minimum Gasteiger partial charge on any atom is -0.493 e. The first-order chi connectivity index (χ1) is 10.3. The Hall–Kier alpha value is -2.75. The Labute approximate surface area is 122 Å². The Bertz CT molecular complexity index is 805. The van der Waals surface area contributed by atoms with E-state index >= 15 is 0 Å². The van der Waals surface area contributed by atoms with Gasteiger partial charge in [0, 0.05) is 22.7 Å². The van der Waals surface area contributed by atoms with E-state index in [9.17, 15) is 4.79 Å². The van der Waals surface area contributed by atoms with Crippen molar-refractivity contribution in [3.05, 3.63) is 48.2 Å². The number of aromatic amines is 1. The van der Waals surface area contributed by atoms with E-state index < -0.39 is 0 Å². The van der Waals surface area contributed by atoms with Crippen LogP contribution in [0.15, 0.2) is 42.6 Å². The molecule has 0 atom stereocenters. The van der Waals surface area contributed by atoms with Crippen molar-refractivity contribution < 1.29 is 14.3 Å². The summed E-state index contributed by atoms with van der Waals surface area (Å²) < 4.78 is 10.6. The number of nitrogens with one attached hydrogen (secondary N) is 1. The van der Waals surface area contributed by atoms with Crippen LogP contribution in [0.4, 0.5) is 0 Å². The molecular formula is C17H15NO3. The molecule has 0 aliphatic heterocycles. The highest BCUT2D eigenvalue weighted by Crippen LogP contribution is 2.37. The number of ether oxygens (including phenoxy) is 2. The molecule has 0 amide bonds. The van der Waals surface area contributed by atoms with Crippen LogP contribution in [0.25, 0.3) is 22.0 Å². The Morgan fingerprint density at radius 3 is 2.62 bits per heavy atom. The SMILES string of the molecule is COc1cc(-c2c[nH]c3ccccc23)cc(C=O)c1OC. The number of H-pyrrole nitrogens is 1. The zero-order valence-electron chi connectivity index (χ0n) is 11.8. The maximum atomic E-state index is 11.3. The van der Waals surface area contributed by atoms with E-state index in [1.165, 1.54) is 7.11 Å². The van der Waals surface area contributed by atoms with Crippen LogP contribution in [0, 0.1) is 0 Å². The molecule has 0 bridgehead atoms. The van der Waals surface area contributed by atoms with Crippen molar-refractivity contribution in [3.8, 4) is 22.6 Å². The first kappa shape index (κ1) is 13.2. The number of aromatic nitrogens is 1. The smallest absolute Gasteiger partial charge is 0.171 e. The zero-order chi connectivity index (χ0) is 14.8. The van der Waals surface area contributed by atoms with Gasteiger partial charge >= 0.3 is 0 Å². The van der Waals surface area contributed by atoms with Crippen molar-refractivity contribution in [1.29, 1.82) is 0 Å². The lowest BCUT2D eigenvalue weighted by molar-refractivity contribution is 0.112. The molecule has 4 heteroatoms. The van der Waals surface area contributed by atoms with Crippen molar-refractivity contribution in [2.45, 2.75) is 0 Å². The lowest BCUT2D eigenvalue weighted by Crippen LogP contribution is -1.96. The molecule has 1 heterocycles. The summed E-state index contributed by atoms with van der Waals surface area (Å²) in [5.74, 6) is 0.999. The van der Waals surface area contributed by atoms with Gasteiger partial charge in [-0.1, -0.05) is 18.2 Å². The Kier molecular flexibility index (Phi) is 3.36. The highest BCUT2D eigenvalue weighted by Gasteiger charge is 2.14. The minimum absolute atomic E-state index is 0.455. The van der Waals surface area contributed by atoms with E-state index in [0.717, 1.165) is 28.3 Å². The fraction of sp³-hybridized carbons (Fsp3) is 0.118. The van der Waals surface area contributed by atoms with E-state index in [0.29, 0.717) is 17.1 Å². The molecule has 4 nitrogen and oxygen atoms in total. The summed E-state index contributed by atoms with van der Waals surface area (Å²) >= 11 is 0. The molecule has 0 saturated heterocycles. The van der Waals surface area contributed by atoms with Gasteiger partial charge in [-0.2, -0.15) is 0 Å². The average molecular weight is 281 g/mol. The van der Waals surface area contributed by atoms with E-state index in [1.54, 1.807) is 7.11 Å². The summed E-state index contributed by atoms with van der Waals surface area (Å²) in [7, 11) is 3.08. The number of carbonyl (C=O) groups is 1. The number of carbonyl (C=O) groups excluding carboxylic acids is 1. The van der Waals surface area contributed by atoms with E-state index in [4.69, 9.17) is 9.47 Å². The molecule has 0 spiro atoms. The number of methoxy groups -OCH3 is 2. The fourth-order valence-electron chi connectivity index (χ4n) is 2.55. The van der Waals surface area contributed by atoms with Crippen LogP contribution in [-0.2, 0) is 0 Å². The summed E-state index contributed by atoms with van der Waals surface area (Å²) in [5.41, 5.74) is 3.45. The lowest BCUT2D eigenvalue weighted by atomic mass is 10.0. The van der Waals surface area contributed by atoms with Gasteiger partial charge in [0.1, 0.15) is 0 Å². The quantitative estimate of drug-likeness (QED) is 0.742. The van der Waals surface area contributed by atoms with Gasteiger partial charge in [0.2, 0.25) is 0 Å². The molecule has 0 fully saturated rings. The van der Waals surface area contributed by atoms with Gasteiger partial charge in [-0.15, -0.1) is 0 Å². The molecule has 0 radical (unpaired) electrons. The summed E-state index contributed by atoms with van der Waals surface area (Å²) in [6, 6.07) is 11.7. The molecule has 1 aromatic heterocycles. The van der Waals surface area contributed by atoms with Gasteiger partial charge in [-0.05, 0) is 23.8 Å². The van der Waals surface area contributed by atoms with Crippen LogP contribution in [0.1, 0.15) is 10.4 Å². The van der Waals surface area contributed by atoms with Gasteiger partial charge in [0.05, 0.1) is 19.8 Å². The van der Waals surface area contributed by atoms with Crippen LogP contribution >= 0.6 is 0 Å². The number of para-hydroxylation sites is 1. The van der Waals surface area contributed by atoms with Crippen LogP contribution in [-0.4, -0.2) is 25.5 Å². The monoisotopic (exact) mass is 281 g/mol. The number of hydrogen-bond donors (Lipinski definition) is 1. The van der Waals surface area contributed by atoms with Gasteiger partial charge in [-0.3, -0.25) is 4.79 Å². The van der Waals surface area contributed by atoms with Gasteiger partial charge in [0.15, 0.2) is 17.8 Å². The second kappa shape index (κ2) is 5.32. The summed E-state index contributed by atoms with van der Waals surface area (Å²) in [5, 5.41) is 1.10. The summed E-state index contributed by atoms with van der Waals surface area (Å²) in [6.45, 7) is 0. The Morgan fingerprint density at radius 1 is 1.10 bits per heavy atom. The molecule has 106 valence electrons. The minimum atomic E-state index is 0.455. The molecule has 0 aliphatic carbocycles. The second-order valence-electron chi connectivity index (χ2n) is 4.67. The molecule has 0 aliphatic rings. The van der Waals surface area contributed by atoms with Crippen molar-refractivity contribution in [3.63, 3.8) is 0 Å². The van der Waals surface area contributed by atoms with Crippen molar-refractivity contribution >= 4 is 17.2 Å². The third kappa shape index (κ3) is 2.14. The Morgan fingerprint density at radius 2 is 1.90 bits per heavy atom. The zero-order valence-corrected chi connectivity index (χ0v) is 11.8. The third-order valence-electron chi connectivity index (χ3n) is 3.53. The predicted octanol–water partition coefficient (Wildman–Crippen LogP) is 3.66. The maximum Gasteiger partial charge on any atom is 0.171 e. The van der Waals surface area contributed by atoms with Crippen molar-refractivity contribution in [2.75, 3.05) is 14.2 Å². The standard InChI is InChI=1S/C17H15NO3/c1-20-16-8-11(7-12(10-19)17(16)21-2)14-9-18-15-6-4-3-5-13(14)15/h3-10,18H,1-2H3. The maximum absolute atomic E-state index is 11.3. The largest absolute Gasteiger partial charge is 0.493 e. The molecular weight excluding hydrogens is 266 g/mol. The highest BCUT2D eigenvalue weighted by atomic mass is 16.5. The second-order valence-corrected chi connectivity index (χ2v) is 4.67. The van der Waals surface area contributed by atoms with E-state index in [-0.39, 0.29) is 0 Å². The molecule has 0 saturated carbocycles. The number of benzene rings is 2. The normalized spacial score (nSPS) is 10.6. The molecule has 21 heavy (non-hydrogen) atoms. The predicted molar refractivity (Wildman–Crippen MR) is 82.2 cm³/mol. The first-order valence-electron chi connectivity index (χ1n) is 6.56. The average Bonchev–Trinajstić information content (AvgIpc) is 2.97. The first-order valence-corrected chi connectivity index (χ1v) is 6.56. The van der Waals surface area contributed by atoms with Crippen LogP contribution in [0.5, 0.6) is 11.5 Å². The fourth-order valence-corrected chi connectivity index (χ4v) is 2.55. The van der Waals surface area contributed by atoms with Gasteiger partial charge in [-0.25, -0.2) is 0 Å². The molecule has 2 aromatic carbocycles. The van der Waals surface area contributed by atoms with Crippen LogP contribution in [0.2, 0.25) is 0 Å². The molecule has 3 aromatic rings. The van der Waals surface area contributed by atoms with Gasteiger partial charge < -0.3 is 14.5 Å². The Balaban J connectivity index is 2.25. The lowest BCUT2D eigenvalue weighted by Gasteiger charge is -2.12. The number of rotatable bonds is 4. The van der Waals surface area contributed by atoms with Crippen molar-refractivity contribution in [2.24, 2.45) is 0 Å². The highest BCUT2D eigenvalue weighted by molar-refractivity contribution is 5.97. The van der Waals surface area contributed by atoms with Crippen LogP contribution in [0.3, 0.4) is 0 Å². The van der Waals surface area contributed by atoms with Crippen molar-refractivity contribution in [1.82, 2.24) is 4.98 Å². The molecule has 3 rings (SSSR count). The summed E-state index contributed by atoms with van der Waals surface area (Å²) in [6.07, 6.45) is 2.71. The number of hydrogen-bond acceptors (Lipinski definition) is 3. The van der Waals surface area contributed by atoms with E-state index in [2.05, 4.69) is 4.98 Å². The molecule has 0 unspecified atom stereocenters. The third-order valence-corrected chi connectivity index (χ3v) is 3.53.